The molecule has 0 aromatic heterocycles. The number of carboxylic acid groups (broad SMARTS) is 1. The van der Waals surface area contributed by atoms with Gasteiger partial charge in [0.25, 0.3) is 0 Å². The van der Waals surface area contributed by atoms with Gasteiger partial charge in [-0.3, -0.25) is 14.4 Å². The molecule has 0 fully saturated rings. The molecule has 0 saturated heterocycles. The molecule has 0 saturated carbocycles. The van der Waals surface area contributed by atoms with E-state index in [1.807, 2.05) is 0 Å². The maximum atomic E-state index is 13.2. The van der Waals surface area contributed by atoms with Crippen molar-refractivity contribution in [3.05, 3.63) is 33.8 Å². The molecule has 174 valence electrons. The van der Waals surface area contributed by atoms with Crippen LogP contribution in [0.15, 0.2) is 18.2 Å². The highest BCUT2D eigenvalue weighted by Gasteiger charge is 2.26. The van der Waals surface area contributed by atoms with Crippen LogP contribution in [0.1, 0.15) is 70.8 Å². The van der Waals surface area contributed by atoms with Gasteiger partial charge in [-0.2, -0.15) is 0 Å². The molecule has 6 nitrogen and oxygen atoms in total. The Hall–Kier alpha value is -1.79. The number of unbranched alkanes of at least 4 members (excludes halogenated alkanes) is 4. The molecule has 0 aliphatic heterocycles. The second-order valence-electron chi connectivity index (χ2n) is 7.72. The largest absolute Gasteiger partial charge is 0.481 e. The van der Waals surface area contributed by atoms with E-state index in [1.54, 1.807) is 23.1 Å². The maximum Gasteiger partial charge on any atom is 0.303 e. The van der Waals surface area contributed by atoms with Gasteiger partial charge in [0.1, 0.15) is 6.04 Å². The third-order valence-corrected chi connectivity index (χ3v) is 5.74. The van der Waals surface area contributed by atoms with Crippen LogP contribution in [0.2, 0.25) is 10.0 Å². The van der Waals surface area contributed by atoms with Crippen molar-refractivity contribution in [2.24, 2.45) is 0 Å². The number of nitrogens with zero attached hydrogens (tertiary/aromatic N) is 1. The van der Waals surface area contributed by atoms with Crippen LogP contribution in [0.25, 0.3) is 0 Å². The van der Waals surface area contributed by atoms with Crippen LogP contribution < -0.4 is 5.32 Å². The van der Waals surface area contributed by atoms with Gasteiger partial charge in [-0.1, -0.05) is 68.8 Å². The van der Waals surface area contributed by atoms with Crippen LogP contribution in [0.5, 0.6) is 0 Å². The van der Waals surface area contributed by atoms with Crippen molar-refractivity contribution in [2.45, 2.75) is 77.7 Å². The molecule has 1 rings (SSSR count). The number of aliphatic carboxylic acids is 1. The Morgan fingerprint density at radius 3 is 2.13 bits per heavy atom. The molecule has 0 aliphatic rings. The molecule has 0 bridgehead atoms. The summed E-state index contributed by atoms with van der Waals surface area (Å²) in [6, 6.07) is 4.06. The van der Waals surface area contributed by atoms with Crippen LogP contribution in [-0.4, -0.2) is 46.9 Å². The molecule has 1 aromatic rings. The van der Waals surface area contributed by atoms with E-state index in [2.05, 4.69) is 19.2 Å². The van der Waals surface area contributed by atoms with Gasteiger partial charge < -0.3 is 15.3 Å². The lowest BCUT2D eigenvalue weighted by molar-refractivity contribution is -0.139. The summed E-state index contributed by atoms with van der Waals surface area (Å²) in [6.45, 7) is 5.43. The monoisotopic (exact) mass is 472 g/mol. The molecule has 8 heteroatoms. The highest BCUT2D eigenvalue weighted by atomic mass is 35.5. The molecule has 2 N–H and O–H groups in total. The fourth-order valence-corrected chi connectivity index (χ4v) is 3.58. The number of halogens is 2. The van der Waals surface area contributed by atoms with Gasteiger partial charge in [0, 0.05) is 19.5 Å². The summed E-state index contributed by atoms with van der Waals surface area (Å²) in [7, 11) is 0. The minimum absolute atomic E-state index is 0.0272. The van der Waals surface area contributed by atoms with E-state index >= 15 is 0 Å². The normalized spacial score (nSPS) is 11.7. The fraction of sp³-hybridized carbons (Fsp3) is 0.609. The van der Waals surface area contributed by atoms with Crippen molar-refractivity contribution in [3.63, 3.8) is 0 Å². The molecule has 1 aromatic carbocycles. The number of carboxylic acids is 1. The van der Waals surface area contributed by atoms with E-state index in [-0.39, 0.29) is 31.1 Å². The average molecular weight is 473 g/mol. The summed E-state index contributed by atoms with van der Waals surface area (Å²) in [4.78, 5) is 38.7. The number of benzene rings is 1. The number of carbonyl (C=O) groups excluding carboxylic acids is 2. The van der Waals surface area contributed by atoms with Crippen LogP contribution in [0.4, 0.5) is 0 Å². The molecule has 0 aliphatic carbocycles. The smallest absolute Gasteiger partial charge is 0.303 e. The third-order valence-electron chi connectivity index (χ3n) is 5.00. The minimum Gasteiger partial charge on any atom is -0.481 e. The SMILES string of the molecule is CCCCCN(CCCCC)C(=O)C(CCC(=O)O)NC(=O)Cc1ccc(Cl)c(Cl)c1. The number of hydrogen-bond donors (Lipinski definition) is 2. The second-order valence-corrected chi connectivity index (χ2v) is 8.53. The maximum absolute atomic E-state index is 13.2. The molecule has 2 amide bonds. The molecule has 0 heterocycles. The molecule has 0 spiro atoms. The van der Waals surface area contributed by atoms with Crippen molar-refractivity contribution < 1.29 is 19.5 Å². The van der Waals surface area contributed by atoms with Crippen molar-refractivity contribution in [3.8, 4) is 0 Å². The Labute approximate surface area is 195 Å². The predicted octanol–water partition coefficient (Wildman–Crippen LogP) is 5.09. The van der Waals surface area contributed by atoms with Crippen molar-refractivity contribution in [1.82, 2.24) is 10.2 Å². The number of rotatable bonds is 15. The zero-order valence-corrected chi connectivity index (χ0v) is 20.0. The van der Waals surface area contributed by atoms with Gasteiger partial charge in [0.15, 0.2) is 0 Å². The summed E-state index contributed by atoms with van der Waals surface area (Å²) in [5.41, 5.74) is 0.666. The van der Waals surface area contributed by atoms with Crippen LogP contribution in [0, 0.1) is 0 Å². The van der Waals surface area contributed by atoms with Crippen LogP contribution in [-0.2, 0) is 20.8 Å². The third kappa shape index (κ3) is 10.9. The summed E-state index contributed by atoms with van der Waals surface area (Å²) in [6.07, 6.45) is 5.77. The predicted molar refractivity (Wildman–Crippen MR) is 125 cm³/mol. The van der Waals surface area contributed by atoms with Gasteiger partial charge >= 0.3 is 5.97 Å². The first-order valence-electron chi connectivity index (χ1n) is 11.0. The van der Waals surface area contributed by atoms with Gasteiger partial charge in [-0.05, 0) is 37.0 Å². The Morgan fingerprint density at radius 1 is 1.00 bits per heavy atom. The molecule has 31 heavy (non-hydrogen) atoms. The van der Waals surface area contributed by atoms with E-state index in [9.17, 15) is 14.4 Å². The molecule has 1 unspecified atom stereocenters. The van der Waals surface area contributed by atoms with Crippen LogP contribution in [0.3, 0.4) is 0 Å². The molecule has 1 atom stereocenters. The zero-order valence-electron chi connectivity index (χ0n) is 18.5. The lowest BCUT2D eigenvalue weighted by atomic mass is 10.1. The highest BCUT2D eigenvalue weighted by molar-refractivity contribution is 6.42. The lowest BCUT2D eigenvalue weighted by Gasteiger charge is -2.28. The number of nitrogens with one attached hydrogen (secondary N) is 1. The fourth-order valence-electron chi connectivity index (χ4n) is 3.26. The van der Waals surface area contributed by atoms with Crippen molar-refractivity contribution in [1.29, 1.82) is 0 Å². The van der Waals surface area contributed by atoms with Crippen molar-refractivity contribution >= 4 is 41.0 Å². The van der Waals surface area contributed by atoms with E-state index in [4.69, 9.17) is 28.3 Å². The summed E-state index contributed by atoms with van der Waals surface area (Å²) in [5, 5.41) is 12.6. The molecule has 0 radical (unpaired) electrons. The Morgan fingerprint density at radius 2 is 1.61 bits per heavy atom. The Balaban J connectivity index is 2.87. The highest BCUT2D eigenvalue weighted by Crippen LogP contribution is 2.22. The van der Waals surface area contributed by atoms with Gasteiger partial charge in [-0.25, -0.2) is 0 Å². The van der Waals surface area contributed by atoms with Crippen molar-refractivity contribution in [2.75, 3.05) is 13.1 Å². The van der Waals surface area contributed by atoms with Gasteiger partial charge in [-0.15, -0.1) is 0 Å². The Kier molecular flexibility index (Phi) is 13.3. The number of hydrogen-bond acceptors (Lipinski definition) is 3. The first kappa shape index (κ1) is 27.2. The molecular weight excluding hydrogens is 439 g/mol. The minimum atomic E-state index is -1.000. The standard InChI is InChI=1S/C23H34Cl2N2O4/c1-3-5-7-13-27(14-8-6-4-2)23(31)20(11-12-22(29)30)26-21(28)16-17-9-10-18(24)19(25)15-17/h9-10,15,20H,3-8,11-14,16H2,1-2H3,(H,26,28)(H,29,30). The lowest BCUT2D eigenvalue weighted by Crippen LogP contribution is -2.49. The van der Waals surface area contributed by atoms with Gasteiger partial charge in [0.2, 0.25) is 11.8 Å². The van der Waals surface area contributed by atoms with E-state index in [1.165, 1.54) is 0 Å². The van der Waals surface area contributed by atoms with E-state index in [0.29, 0.717) is 28.7 Å². The topological polar surface area (TPSA) is 86.7 Å². The van der Waals surface area contributed by atoms with Gasteiger partial charge in [0.05, 0.1) is 16.5 Å². The zero-order chi connectivity index (χ0) is 23.2. The summed E-state index contributed by atoms with van der Waals surface area (Å²) < 4.78 is 0. The molecular formula is C23H34Cl2N2O4. The first-order valence-corrected chi connectivity index (χ1v) is 11.8. The number of carbonyl (C=O) groups is 3. The quantitative estimate of drug-likeness (QED) is 0.347. The van der Waals surface area contributed by atoms with E-state index in [0.717, 1.165) is 38.5 Å². The number of amides is 2. The second kappa shape index (κ2) is 15.1. The summed E-state index contributed by atoms with van der Waals surface area (Å²) in [5.74, 6) is -1.57. The first-order chi connectivity index (χ1) is 14.8. The average Bonchev–Trinajstić information content (AvgIpc) is 2.72. The Bertz CT molecular complexity index is 718. The van der Waals surface area contributed by atoms with E-state index < -0.39 is 12.0 Å². The van der Waals surface area contributed by atoms with Crippen LogP contribution >= 0.6 is 23.2 Å². The summed E-state index contributed by atoms with van der Waals surface area (Å²) >= 11 is 11.9.